The highest BCUT2D eigenvalue weighted by atomic mass is 16.5. The van der Waals surface area contributed by atoms with Gasteiger partial charge in [-0.1, -0.05) is 18.6 Å². The molecular formula is C24H31N3O4. The quantitative estimate of drug-likeness (QED) is 0.705. The highest BCUT2D eigenvalue weighted by molar-refractivity contribution is 5.85. The van der Waals surface area contributed by atoms with Crippen molar-refractivity contribution in [2.75, 3.05) is 26.7 Å². The van der Waals surface area contributed by atoms with Crippen LogP contribution in [0.5, 0.6) is 5.75 Å². The molecule has 1 atom stereocenters. The molecule has 2 amide bonds. The summed E-state index contributed by atoms with van der Waals surface area (Å²) >= 11 is 0. The number of nitrogens with zero attached hydrogens (tertiary/aromatic N) is 3. The van der Waals surface area contributed by atoms with Gasteiger partial charge in [0, 0.05) is 25.9 Å². The van der Waals surface area contributed by atoms with Crippen LogP contribution in [0.15, 0.2) is 34.9 Å². The largest absolute Gasteiger partial charge is 0.497 e. The van der Waals surface area contributed by atoms with Crippen molar-refractivity contribution >= 4 is 11.8 Å². The SMILES string of the molecule is COc1cccc(Cc2cnc([C@H]3CCCCN3C(=O)CN3CCCCCC3=O)o2)c1. The third-order valence-electron chi connectivity index (χ3n) is 6.19. The van der Waals surface area contributed by atoms with Crippen molar-refractivity contribution in [3.63, 3.8) is 0 Å². The highest BCUT2D eigenvalue weighted by Crippen LogP contribution is 2.31. The fourth-order valence-electron chi connectivity index (χ4n) is 4.49. The number of carbonyl (C=O) groups excluding carboxylic acids is 2. The van der Waals surface area contributed by atoms with Gasteiger partial charge in [0.15, 0.2) is 0 Å². The number of hydrogen-bond donors (Lipinski definition) is 0. The van der Waals surface area contributed by atoms with Gasteiger partial charge in [-0.2, -0.15) is 0 Å². The predicted octanol–water partition coefficient (Wildman–Crippen LogP) is 3.73. The van der Waals surface area contributed by atoms with E-state index in [9.17, 15) is 9.59 Å². The van der Waals surface area contributed by atoms with Crippen LogP contribution >= 0.6 is 0 Å². The second-order valence-electron chi connectivity index (χ2n) is 8.42. The summed E-state index contributed by atoms with van der Waals surface area (Å²) in [5.41, 5.74) is 1.08. The van der Waals surface area contributed by atoms with Gasteiger partial charge < -0.3 is 19.0 Å². The van der Waals surface area contributed by atoms with Gasteiger partial charge in [-0.15, -0.1) is 0 Å². The van der Waals surface area contributed by atoms with E-state index in [0.29, 0.717) is 31.8 Å². The topological polar surface area (TPSA) is 75.9 Å². The monoisotopic (exact) mass is 425 g/mol. The van der Waals surface area contributed by atoms with Gasteiger partial charge in [-0.25, -0.2) is 4.98 Å². The number of carbonyl (C=O) groups is 2. The Morgan fingerprint density at radius 1 is 1.19 bits per heavy atom. The van der Waals surface area contributed by atoms with Gasteiger partial charge in [0.2, 0.25) is 17.7 Å². The van der Waals surface area contributed by atoms with Crippen LogP contribution in [0.25, 0.3) is 0 Å². The highest BCUT2D eigenvalue weighted by Gasteiger charge is 2.33. The Morgan fingerprint density at radius 2 is 2.06 bits per heavy atom. The van der Waals surface area contributed by atoms with Gasteiger partial charge in [0.25, 0.3) is 0 Å². The van der Waals surface area contributed by atoms with Crippen molar-refractivity contribution in [1.29, 1.82) is 0 Å². The lowest BCUT2D eigenvalue weighted by molar-refractivity contribution is -0.143. The molecule has 0 spiro atoms. The van der Waals surface area contributed by atoms with E-state index >= 15 is 0 Å². The molecule has 0 bridgehead atoms. The van der Waals surface area contributed by atoms with Crippen molar-refractivity contribution in [3.8, 4) is 5.75 Å². The van der Waals surface area contributed by atoms with Crippen molar-refractivity contribution < 1.29 is 18.7 Å². The molecule has 0 saturated carbocycles. The van der Waals surface area contributed by atoms with Gasteiger partial charge >= 0.3 is 0 Å². The Hall–Kier alpha value is -2.83. The summed E-state index contributed by atoms with van der Waals surface area (Å²) in [6.45, 7) is 1.51. The number of rotatable bonds is 6. The summed E-state index contributed by atoms with van der Waals surface area (Å²) in [7, 11) is 1.65. The summed E-state index contributed by atoms with van der Waals surface area (Å²) < 4.78 is 11.4. The number of oxazole rings is 1. The lowest BCUT2D eigenvalue weighted by Crippen LogP contribution is -2.46. The number of methoxy groups -OCH3 is 1. The molecule has 2 saturated heterocycles. The van der Waals surface area contributed by atoms with E-state index in [4.69, 9.17) is 9.15 Å². The van der Waals surface area contributed by atoms with Crippen LogP contribution in [-0.2, 0) is 16.0 Å². The predicted molar refractivity (Wildman–Crippen MR) is 116 cm³/mol. The molecule has 166 valence electrons. The molecule has 1 aromatic carbocycles. The van der Waals surface area contributed by atoms with Crippen LogP contribution < -0.4 is 4.74 Å². The van der Waals surface area contributed by atoms with Crippen molar-refractivity contribution in [3.05, 3.63) is 47.7 Å². The number of amides is 2. The average molecular weight is 426 g/mol. The minimum Gasteiger partial charge on any atom is -0.497 e. The standard InChI is InChI=1S/C24H31N3O4/c1-30-19-9-7-8-18(14-19)15-20-16-25-24(31-20)21-10-4-6-13-27(21)23(29)17-26-12-5-2-3-11-22(26)28/h7-9,14,16,21H,2-6,10-13,15,17H2,1H3/t21-/m1/s1. The molecule has 0 aliphatic carbocycles. The number of piperidine rings is 1. The summed E-state index contributed by atoms with van der Waals surface area (Å²) in [4.78, 5) is 33.6. The number of ether oxygens (including phenoxy) is 1. The molecule has 2 aromatic rings. The van der Waals surface area contributed by atoms with E-state index < -0.39 is 0 Å². The Bertz CT molecular complexity index is 910. The smallest absolute Gasteiger partial charge is 0.242 e. The van der Waals surface area contributed by atoms with Gasteiger partial charge in [0.05, 0.1) is 19.9 Å². The van der Waals surface area contributed by atoms with Crippen molar-refractivity contribution in [2.45, 2.75) is 57.4 Å². The lowest BCUT2D eigenvalue weighted by Gasteiger charge is -2.35. The summed E-state index contributed by atoms with van der Waals surface area (Å²) in [5.74, 6) is 2.25. The molecule has 0 unspecified atom stereocenters. The fraction of sp³-hybridized carbons (Fsp3) is 0.542. The molecule has 1 aromatic heterocycles. The third kappa shape index (κ3) is 5.27. The van der Waals surface area contributed by atoms with Crippen LogP contribution in [-0.4, -0.2) is 53.3 Å². The Morgan fingerprint density at radius 3 is 2.94 bits per heavy atom. The molecular weight excluding hydrogens is 394 g/mol. The molecule has 0 radical (unpaired) electrons. The molecule has 2 aliphatic rings. The normalized spacial score (nSPS) is 19.9. The number of aromatic nitrogens is 1. The Kier molecular flexibility index (Phi) is 6.89. The zero-order valence-electron chi connectivity index (χ0n) is 18.2. The first-order valence-corrected chi connectivity index (χ1v) is 11.3. The van der Waals surface area contributed by atoms with Crippen LogP contribution in [0, 0.1) is 0 Å². The molecule has 2 aliphatic heterocycles. The van der Waals surface area contributed by atoms with Crippen LogP contribution in [0.3, 0.4) is 0 Å². The second kappa shape index (κ2) is 9.98. The van der Waals surface area contributed by atoms with E-state index in [-0.39, 0.29) is 24.4 Å². The molecule has 2 fully saturated rings. The van der Waals surface area contributed by atoms with E-state index in [2.05, 4.69) is 4.98 Å². The number of likely N-dealkylation sites (tertiary alicyclic amines) is 2. The number of benzene rings is 1. The molecule has 0 N–H and O–H groups in total. The molecule has 7 heteroatoms. The summed E-state index contributed by atoms with van der Waals surface area (Å²) in [5, 5.41) is 0. The average Bonchev–Trinajstić information content (AvgIpc) is 3.16. The molecule has 3 heterocycles. The minimum atomic E-state index is -0.164. The maximum Gasteiger partial charge on any atom is 0.242 e. The van der Waals surface area contributed by atoms with Crippen LogP contribution in [0.2, 0.25) is 0 Å². The molecule has 31 heavy (non-hydrogen) atoms. The lowest BCUT2D eigenvalue weighted by atomic mass is 10.0. The van der Waals surface area contributed by atoms with Gasteiger partial charge in [-0.05, 0) is 49.8 Å². The number of hydrogen-bond acceptors (Lipinski definition) is 5. The van der Waals surface area contributed by atoms with E-state index in [1.165, 1.54) is 0 Å². The first-order valence-electron chi connectivity index (χ1n) is 11.3. The molecule has 4 rings (SSSR count). The van der Waals surface area contributed by atoms with Gasteiger partial charge in [-0.3, -0.25) is 9.59 Å². The van der Waals surface area contributed by atoms with Crippen LogP contribution in [0.4, 0.5) is 0 Å². The first kappa shape index (κ1) is 21.4. The van der Waals surface area contributed by atoms with Crippen LogP contribution in [0.1, 0.15) is 68.2 Å². The fourth-order valence-corrected chi connectivity index (χ4v) is 4.49. The molecule has 7 nitrogen and oxygen atoms in total. The van der Waals surface area contributed by atoms with Crippen molar-refractivity contribution in [1.82, 2.24) is 14.8 Å². The third-order valence-corrected chi connectivity index (χ3v) is 6.19. The summed E-state index contributed by atoms with van der Waals surface area (Å²) in [6.07, 6.45) is 8.69. The Balaban J connectivity index is 1.44. The first-order chi connectivity index (χ1) is 15.1. The van der Waals surface area contributed by atoms with Gasteiger partial charge in [0.1, 0.15) is 17.6 Å². The van der Waals surface area contributed by atoms with Crippen molar-refractivity contribution in [2.24, 2.45) is 0 Å². The second-order valence-corrected chi connectivity index (χ2v) is 8.42. The summed E-state index contributed by atoms with van der Waals surface area (Å²) in [6, 6.07) is 7.71. The zero-order chi connectivity index (χ0) is 21.6. The van der Waals surface area contributed by atoms with E-state index in [0.717, 1.165) is 55.6 Å². The maximum absolute atomic E-state index is 13.1. The maximum atomic E-state index is 13.1. The van der Waals surface area contributed by atoms with E-state index in [1.807, 2.05) is 29.2 Å². The van der Waals surface area contributed by atoms with E-state index in [1.54, 1.807) is 18.2 Å². The zero-order valence-corrected chi connectivity index (χ0v) is 18.2. The minimum absolute atomic E-state index is 0.00695. The Labute approximate surface area is 183 Å².